The Morgan fingerprint density at radius 2 is 1.74 bits per heavy atom. The Morgan fingerprint density at radius 3 is 2.22 bits per heavy atom. The van der Waals surface area contributed by atoms with Crippen molar-refractivity contribution in [3.8, 4) is 11.5 Å². The number of benzene rings is 1. The van der Waals surface area contributed by atoms with Gasteiger partial charge in [0.1, 0.15) is 11.5 Å². The van der Waals surface area contributed by atoms with Gasteiger partial charge in [-0.25, -0.2) is 0 Å². The highest BCUT2D eigenvalue weighted by Crippen LogP contribution is 2.30. The first-order chi connectivity index (χ1) is 10.7. The predicted octanol–water partition coefficient (Wildman–Crippen LogP) is 1.85. The van der Waals surface area contributed by atoms with Crippen molar-refractivity contribution >= 4 is 5.91 Å². The molecule has 0 heterocycles. The third-order valence-electron chi connectivity index (χ3n) is 3.23. The Morgan fingerprint density at radius 1 is 1.22 bits per heavy atom. The summed E-state index contributed by atoms with van der Waals surface area (Å²) in [4.78, 5) is 11.0. The van der Waals surface area contributed by atoms with Crippen molar-refractivity contribution in [2.45, 2.75) is 32.0 Å². The highest BCUT2D eigenvalue weighted by Gasteiger charge is 2.39. The van der Waals surface area contributed by atoms with Gasteiger partial charge in [0.25, 0.3) is 0 Å². The van der Waals surface area contributed by atoms with Crippen molar-refractivity contribution in [1.29, 1.82) is 0 Å². The van der Waals surface area contributed by atoms with Crippen LogP contribution in [0.15, 0.2) is 12.1 Å². The second-order valence-electron chi connectivity index (χ2n) is 5.03. The van der Waals surface area contributed by atoms with Gasteiger partial charge in [0.2, 0.25) is 0 Å². The zero-order valence-electron chi connectivity index (χ0n) is 13.2. The monoisotopic (exact) mass is 335 g/mol. The lowest BCUT2D eigenvalue weighted by Crippen LogP contribution is -2.42. The quantitative estimate of drug-likeness (QED) is 0.798. The molecule has 130 valence electrons. The number of nitrogens with one attached hydrogen (secondary N) is 1. The number of aliphatic hydroxyl groups is 1. The Bertz CT molecular complexity index is 546. The normalized spacial score (nSPS) is 12.7. The second kappa shape index (κ2) is 8.05. The number of methoxy groups -OCH3 is 2. The van der Waals surface area contributed by atoms with Crippen molar-refractivity contribution in [3.05, 3.63) is 23.3 Å². The summed E-state index contributed by atoms with van der Waals surface area (Å²) in [6.07, 6.45) is -4.41. The van der Waals surface area contributed by atoms with Gasteiger partial charge in [-0.15, -0.1) is 0 Å². The summed E-state index contributed by atoms with van der Waals surface area (Å²) in [7, 11) is 2.90. The second-order valence-corrected chi connectivity index (χ2v) is 5.03. The summed E-state index contributed by atoms with van der Waals surface area (Å²) in [5.74, 6) is -1.01. The number of rotatable bonds is 7. The zero-order valence-corrected chi connectivity index (χ0v) is 13.2. The van der Waals surface area contributed by atoms with E-state index in [1.54, 1.807) is 12.1 Å². The molecule has 1 aromatic carbocycles. The lowest BCUT2D eigenvalue weighted by molar-refractivity contribution is -0.174. The van der Waals surface area contributed by atoms with Gasteiger partial charge >= 0.3 is 12.1 Å². The molecule has 23 heavy (non-hydrogen) atoms. The van der Waals surface area contributed by atoms with Crippen LogP contribution in [-0.4, -0.2) is 44.1 Å². The number of alkyl halides is 3. The summed E-state index contributed by atoms with van der Waals surface area (Å²) in [5, 5.41) is 10.9. The molecule has 0 bridgehead atoms. The number of carbonyl (C=O) groups excluding carboxylic acids is 1. The highest BCUT2D eigenvalue weighted by molar-refractivity contribution is 5.81. The van der Waals surface area contributed by atoms with Crippen molar-refractivity contribution in [1.82, 2.24) is 5.32 Å². The molecule has 0 fully saturated rings. The number of hydrogen-bond donors (Lipinski definition) is 2. The van der Waals surface area contributed by atoms with E-state index < -0.39 is 18.1 Å². The number of carbonyl (C=O) groups is 1. The smallest absolute Gasteiger partial charge is 0.471 e. The summed E-state index contributed by atoms with van der Waals surface area (Å²) in [6.45, 7) is 1.40. The molecule has 0 aliphatic rings. The average molecular weight is 335 g/mol. The molecular formula is C15H20F3NO4. The SMILES string of the molecule is COc1cc(C[C@@H](C)NC(=O)C(F)(F)F)c(OC)cc1CCO. The van der Waals surface area contributed by atoms with Crippen LogP contribution in [0.25, 0.3) is 0 Å². The van der Waals surface area contributed by atoms with E-state index in [0.29, 0.717) is 23.5 Å². The minimum absolute atomic E-state index is 0.0725. The molecule has 0 unspecified atom stereocenters. The number of halogens is 3. The van der Waals surface area contributed by atoms with E-state index in [4.69, 9.17) is 14.6 Å². The average Bonchev–Trinajstić information content (AvgIpc) is 2.47. The van der Waals surface area contributed by atoms with Gasteiger partial charge in [-0.3, -0.25) is 4.79 Å². The van der Waals surface area contributed by atoms with Crippen molar-refractivity contribution in [3.63, 3.8) is 0 Å². The van der Waals surface area contributed by atoms with Crippen LogP contribution >= 0.6 is 0 Å². The van der Waals surface area contributed by atoms with Gasteiger partial charge in [0, 0.05) is 18.2 Å². The molecule has 2 N–H and O–H groups in total. The molecule has 5 nitrogen and oxygen atoms in total. The van der Waals surface area contributed by atoms with E-state index in [1.807, 2.05) is 5.32 Å². The minimum Gasteiger partial charge on any atom is -0.496 e. The summed E-state index contributed by atoms with van der Waals surface area (Å²) in [5.41, 5.74) is 1.32. The van der Waals surface area contributed by atoms with E-state index in [0.717, 1.165) is 5.56 Å². The van der Waals surface area contributed by atoms with Crippen LogP contribution in [-0.2, 0) is 17.6 Å². The first-order valence-corrected chi connectivity index (χ1v) is 6.95. The molecule has 1 amide bonds. The molecular weight excluding hydrogens is 315 g/mol. The number of hydrogen-bond acceptors (Lipinski definition) is 4. The van der Waals surface area contributed by atoms with E-state index in [2.05, 4.69) is 0 Å². The van der Waals surface area contributed by atoms with Crippen LogP contribution < -0.4 is 14.8 Å². The molecule has 0 aliphatic carbocycles. The third kappa shape index (κ3) is 5.31. The van der Waals surface area contributed by atoms with Crippen molar-refractivity contribution in [2.24, 2.45) is 0 Å². The number of ether oxygens (including phenoxy) is 2. The number of aliphatic hydroxyl groups excluding tert-OH is 1. The third-order valence-corrected chi connectivity index (χ3v) is 3.23. The Balaban J connectivity index is 2.96. The zero-order chi connectivity index (χ0) is 17.6. The van der Waals surface area contributed by atoms with Crippen LogP contribution in [0.1, 0.15) is 18.1 Å². The standard InChI is InChI=1S/C15H20F3NO4/c1-9(19-14(21)15(16,17)18)6-11-8-12(22-2)10(4-5-20)7-13(11)23-3/h7-9,20H,4-6H2,1-3H3,(H,19,21)/t9-/m1/s1. The molecule has 0 aromatic heterocycles. The summed E-state index contributed by atoms with van der Waals surface area (Å²) in [6, 6.07) is 2.56. The van der Waals surface area contributed by atoms with Crippen LogP contribution in [0.3, 0.4) is 0 Å². The Kier molecular flexibility index (Phi) is 6.68. The molecule has 1 rings (SSSR count). The fourth-order valence-corrected chi connectivity index (χ4v) is 2.19. The molecule has 0 saturated heterocycles. The highest BCUT2D eigenvalue weighted by atomic mass is 19.4. The Labute approximate surface area is 132 Å². The lowest BCUT2D eigenvalue weighted by Gasteiger charge is -2.19. The first-order valence-electron chi connectivity index (χ1n) is 6.95. The van der Waals surface area contributed by atoms with Crippen LogP contribution in [0.5, 0.6) is 11.5 Å². The molecule has 1 atom stereocenters. The van der Waals surface area contributed by atoms with Gasteiger partial charge in [-0.05, 0) is 37.5 Å². The molecule has 8 heteroatoms. The molecule has 0 saturated carbocycles. The lowest BCUT2D eigenvalue weighted by atomic mass is 10.0. The van der Waals surface area contributed by atoms with Crippen LogP contribution in [0.2, 0.25) is 0 Å². The van der Waals surface area contributed by atoms with Gasteiger partial charge in [0.05, 0.1) is 14.2 Å². The molecule has 1 aromatic rings. The fourth-order valence-electron chi connectivity index (χ4n) is 2.19. The maximum Gasteiger partial charge on any atom is 0.471 e. The topological polar surface area (TPSA) is 67.8 Å². The maximum atomic E-state index is 12.3. The van der Waals surface area contributed by atoms with Gasteiger partial charge in [0.15, 0.2) is 0 Å². The van der Waals surface area contributed by atoms with E-state index >= 15 is 0 Å². The molecule has 0 aliphatic heterocycles. The molecule has 0 radical (unpaired) electrons. The van der Waals surface area contributed by atoms with E-state index in [1.165, 1.54) is 21.1 Å². The summed E-state index contributed by atoms with van der Waals surface area (Å²) >= 11 is 0. The number of amides is 1. The maximum absolute atomic E-state index is 12.3. The fraction of sp³-hybridized carbons (Fsp3) is 0.533. The van der Waals surface area contributed by atoms with Gasteiger partial charge in [-0.2, -0.15) is 13.2 Å². The van der Waals surface area contributed by atoms with Crippen LogP contribution in [0.4, 0.5) is 13.2 Å². The predicted molar refractivity (Wildman–Crippen MR) is 77.7 cm³/mol. The largest absolute Gasteiger partial charge is 0.496 e. The first kappa shape index (κ1) is 19.1. The van der Waals surface area contributed by atoms with Gasteiger partial charge in [-0.1, -0.05) is 0 Å². The van der Waals surface area contributed by atoms with E-state index in [-0.39, 0.29) is 13.0 Å². The van der Waals surface area contributed by atoms with Crippen LogP contribution in [0, 0.1) is 0 Å². The van der Waals surface area contributed by atoms with Gasteiger partial charge < -0.3 is 19.9 Å². The van der Waals surface area contributed by atoms with Crippen molar-refractivity contribution in [2.75, 3.05) is 20.8 Å². The molecule has 0 spiro atoms. The Hall–Kier alpha value is -1.96. The minimum atomic E-state index is -4.92. The van der Waals surface area contributed by atoms with E-state index in [9.17, 15) is 18.0 Å². The van der Waals surface area contributed by atoms with Crippen molar-refractivity contribution < 1.29 is 32.5 Å². The summed E-state index contributed by atoms with van der Waals surface area (Å²) < 4.78 is 47.3.